The fourth-order valence-corrected chi connectivity index (χ4v) is 3.85. The first-order chi connectivity index (χ1) is 15.2. The van der Waals surface area contributed by atoms with Crippen LogP contribution in [0.5, 0.6) is 0 Å². The number of carbonyl (C=O) groups excluding carboxylic acids is 1. The van der Waals surface area contributed by atoms with Gasteiger partial charge in [-0.2, -0.15) is 0 Å². The van der Waals surface area contributed by atoms with Crippen LogP contribution < -0.4 is 11.1 Å². The van der Waals surface area contributed by atoms with Gasteiger partial charge in [-0.1, -0.05) is 51.2 Å². The fraction of sp³-hybridized carbons (Fsp3) is 0.375. The van der Waals surface area contributed by atoms with E-state index in [1.165, 1.54) is 25.7 Å². The van der Waals surface area contributed by atoms with Crippen LogP contribution in [0.2, 0.25) is 0 Å². The van der Waals surface area contributed by atoms with Gasteiger partial charge in [-0.05, 0) is 30.7 Å². The van der Waals surface area contributed by atoms with Gasteiger partial charge in [-0.15, -0.1) is 0 Å². The molecule has 0 aliphatic carbocycles. The fourth-order valence-electron chi connectivity index (χ4n) is 3.85. The summed E-state index contributed by atoms with van der Waals surface area (Å²) in [7, 11) is 0. The SMILES string of the molecule is CCCCCCCCNC(=O)c1c(N)n(Cc2ccco2)c2nc3ccccc3nc12. The number of anilines is 1. The highest BCUT2D eigenvalue weighted by Gasteiger charge is 2.24. The summed E-state index contributed by atoms with van der Waals surface area (Å²) in [4.78, 5) is 22.6. The summed E-state index contributed by atoms with van der Waals surface area (Å²) in [5, 5.41) is 3.02. The van der Waals surface area contributed by atoms with Crippen molar-refractivity contribution in [3.63, 3.8) is 0 Å². The zero-order chi connectivity index (χ0) is 21.6. The average molecular weight is 420 g/mol. The summed E-state index contributed by atoms with van der Waals surface area (Å²) in [5.74, 6) is 0.874. The van der Waals surface area contributed by atoms with Gasteiger partial charge < -0.3 is 20.0 Å². The van der Waals surface area contributed by atoms with Crippen molar-refractivity contribution in [1.82, 2.24) is 19.9 Å². The van der Waals surface area contributed by atoms with E-state index in [0.29, 0.717) is 35.6 Å². The van der Waals surface area contributed by atoms with Crippen molar-refractivity contribution in [3.8, 4) is 0 Å². The molecule has 0 spiro atoms. The number of aromatic nitrogens is 3. The molecule has 3 N–H and O–H groups in total. The Kier molecular flexibility index (Phi) is 6.50. The lowest BCUT2D eigenvalue weighted by Gasteiger charge is -2.07. The number of fused-ring (bicyclic) bond motifs is 2. The Morgan fingerprint density at radius 1 is 1.03 bits per heavy atom. The van der Waals surface area contributed by atoms with Gasteiger partial charge >= 0.3 is 0 Å². The van der Waals surface area contributed by atoms with E-state index in [0.717, 1.165) is 29.6 Å². The molecule has 0 aliphatic heterocycles. The predicted octanol–water partition coefficient (Wildman–Crippen LogP) is 4.90. The highest BCUT2D eigenvalue weighted by molar-refractivity contribution is 6.10. The molecule has 4 aromatic rings. The van der Waals surface area contributed by atoms with Crippen molar-refractivity contribution in [2.45, 2.75) is 52.0 Å². The summed E-state index contributed by atoms with van der Waals surface area (Å²) in [6, 6.07) is 11.3. The number of benzene rings is 1. The van der Waals surface area contributed by atoms with Crippen molar-refractivity contribution in [3.05, 3.63) is 54.0 Å². The molecular formula is C24H29N5O2. The summed E-state index contributed by atoms with van der Waals surface area (Å²) >= 11 is 0. The number of nitrogens with two attached hydrogens (primary N) is 1. The third-order valence-corrected chi connectivity index (χ3v) is 5.53. The topological polar surface area (TPSA) is 99.0 Å². The zero-order valence-corrected chi connectivity index (χ0v) is 17.9. The molecule has 31 heavy (non-hydrogen) atoms. The molecule has 0 saturated heterocycles. The average Bonchev–Trinajstić information content (AvgIpc) is 3.38. The van der Waals surface area contributed by atoms with Crippen LogP contribution in [0, 0.1) is 0 Å². The van der Waals surface area contributed by atoms with E-state index in [2.05, 4.69) is 12.2 Å². The molecular weight excluding hydrogens is 390 g/mol. The highest BCUT2D eigenvalue weighted by Crippen LogP contribution is 2.28. The first-order valence-corrected chi connectivity index (χ1v) is 11.0. The molecule has 0 unspecified atom stereocenters. The molecule has 7 nitrogen and oxygen atoms in total. The van der Waals surface area contributed by atoms with Gasteiger partial charge in [0.2, 0.25) is 0 Å². The Balaban J connectivity index is 1.61. The molecule has 0 saturated carbocycles. The predicted molar refractivity (Wildman–Crippen MR) is 123 cm³/mol. The lowest BCUT2D eigenvalue weighted by molar-refractivity contribution is 0.0955. The smallest absolute Gasteiger partial charge is 0.257 e. The van der Waals surface area contributed by atoms with Crippen molar-refractivity contribution < 1.29 is 9.21 Å². The van der Waals surface area contributed by atoms with E-state index in [1.54, 1.807) is 10.8 Å². The molecule has 162 valence electrons. The second-order valence-electron chi connectivity index (χ2n) is 7.83. The largest absolute Gasteiger partial charge is 0.467 e. The number of carbonyl (C=O) groups is 1. The second kappa shape index (κ2) is 9.64. The van der Waals surface area contributed by atoms with E-state index in [9.17, 15) is 4.79 Å². The maximum Gasteiger partial charge on any atom is 0.257 e. The van der Waals surface area contributed by atoms with Crippen LogP contribution in [-0.2, 0) is 6.54 Å². The van der Waals surface area contributed by atoms with Crippen LogP contribution in [0.25, 0.3) is 22.2 Å². The minimum absolute atomic E-state index is 0.209. The van der Waals surface area contributed by atoms with Gasteiger partial charge in [0, 0.05) is 6.54 Å². The first-order valence-electron chi connectivity index (χ1n) is 11.0. The number of hydrogen-bond acceptors (Lipinski definition) is 5. The lowest BCUT2D eigenvalue weighted by atomic mass is 10.1. The van der Waals surface area contributed by atoms with E-state index >= 15 is 0 Å². The number of nitrogen functional groups attached to an aromatic ring is 1. The summed E-state index contributed by atoms with van der Waals surface area (Å²) in [5.41, 5.74) is 9.43. The molecule has 1 amide bonds. The Morgan fingerprint density at radius 3 is 2.52 bits per heavy atom. The van der Waals surface area contributed by atoms with Crippen LogP contribution in [0.4, 0.5) is 5.82 Å². The van der Waals surface area contributed by atoms with E-state index in [4.69, 9.17) is 20.1 Å². The van der Waals surface area contributed by atoms with E-state index in [1.807, 2.05) is 36.4 Å². The molecule has 3 heterocycles. The van der Waals surface area contributed by atoms with Crippen LogP contribution >= 0.6 is 0 Å². The Morgan fingerprint density at radius 2 is 1.77 bits per heavy atom. The molecule has 1 aromatic carbocycles. The molecule has 0 fully saturated rings. The maximum absolute atomic E-state index is 13.1. The Labute approximate surface area is 181 Å². The quantitative estimate of drug-likeness (QED) is 0.356. The Bertz CT molecular complexity index is 1160. The third-order valence-electron chi connectivity index (χ3n) is 5.53. The van der Waals surface area contributed by atoms with Crippen LogP contribution in [0.1, 0.15) is 61.6 Å². The van der Waals surface area contributed by atoms with Crippen LogP contribution in [0.15, 0.2) is 47.1 Å². The zero-order valence-electron chi connectivity index (χ0n) is 17.9. The highest BCUT2D eigenvalue weighted by atomic mass is 16.3. The van der Waals surface area contributed by atoms with Crippen LogP contribution in [0.3, 0.4) is 0 Å². The first kappa shape index (κ1) is 20.9. The third kappa shape index (κ3) is 4.55. The number of nitrogens with zero attached hydrogens (tertiary/aromatic N) is 3. The van der Waals surface area contributed by atoms with Gasteiger partial charge in [0.25, 0.3) is 5.91 Å². The molecule has 0 bridgehead atoms. The van der Waals surface area contributed by atoms with Gasteiger partial charge in [0.05, 0.1) is 23.8 Å². The molecule has 0 aliphatic rings. The number of hydrogen-bond donors (Lipinski definition) is 2. The number of unbranched alkanes of at least 4 members (excludes halogenated alkanes) is 5. The number of amides is 1. The second-order valence-corrected chi connectivity index (χ2v) is 7.83. The van der Waals surface area contributed by atoms with Crippen molar-refractivity contribution in [1.29, 1.82) is 0 Å². The maximum atomic E-state index is 13.1. The van der Waals surface area contributed by atoms with E-state index in [-0.39, 0.29) is 5.91 Å². The van der Waals surface area contributed by atoms with Crippen molar-refractivity contribution in [2.75, 3.05) is 12.3 Å². The monoisotopic (exact) mass is 419 g/mol. The molecule has 3 aromatic heterocycles. The minimum atomic E-state index is -0.209. The van der Waals surface area contributed by atoms with Gasteiger partial charge in [0.15, 0.2) is 5.65 Å². The minimum Gasteiger partial charge on any atom is -0.467 e. The summed E-state index contributed by atoms with van der Waals surface area (Å²) in [6.45, 7) is 3.21. The van der Waals surface area contributed by atoms with Gasteiger partial charge in [0.1, 0.15) is 22.7 Å². The molecule has 0 atom stereocenters. The summed E-state index contributed by atoms with van der Waals surface area (Å²) < 4.78 is 7.29. The number of nitrogens with one attached hydrogen (secondary N) is 1. The van der Waals surface area contributed by atoms with Gasteiger partial charge in [-0.25, -0.2) is 9.97 Å². The standard InChI is InChI=1S/C24H29N5O2/c1-2-3-4-5-6-9-14-26-24(30)20-21-23(28-19-13-8-7-12-18(19)27-21)29(22(20)25)16-17-11-10-15-31-17/h7-8,10-13,15H,2-6,9,14,16,25H2,1H3,(H,26,30). The molecule has 7 heteroatoms. The number of rotatable bonds is 10. The number of para-hydroxylation sites is 2. The van der Waals surface area contributed by atoms with Crippen molar-refractivity contribution in [2.24, 2.45) is 0 Å². The Hall–Kier alpha value is -3.35. The lowest BCUT2D eigenvalue weighted by Crippen LogP contribution is -2.25. The summed E-state index contributed by atoms with van der Waals surface area (Å²) in [6.07, 6.45) is 8.63. The van der Waals surface area contributed by atoms with Gasteiger partial charge in [-0.3, -0.25) is 4.79 Å². The number of furan rings is 1. The van der Waals surface area contributed by atoms with Crippen molar-refractivity contribution >= 4 is 33.9 Å². The normalized spacial score (nSPS) is 11.4. The molecule has 4 rings (SSSR count). The molecule has 0 radical (unpaired) electrons. The van der Waals surface area contributed by atoms with E-state index < -0.39 is 0 Å². The van der Waals surface area contributed by atoms with Crippen LogP contribution in [-0.4, -0.2) is 27.0 Å².